The van der Waals surface area contributed by atoms with Crippen LogP contribution in [-0.4, -0.2) is 102 Å². The van der Waals surface area contributed by atoms with Crippen LogP contribution in [0.1, 0.15) is 0 Å². The van der Waals surface area contributed by atoms with E-state index in [1.807, 2.05) is 0 Å². The van der Waals surface area contributed by atoms with Gasteiger partial charge in [-0.1, -0.05) is 0 Å². The molecule has 0 rings (SSSR count). The Morgan fingerprint density at radius 1 is 0.950 bits per heavy atom. The molecule has 0 fully saturated rings. The van der Waals surface area contributed by atoms with Crippen molar-refractivity contribution in [3.63, 3.8) is 0 Å². The van der Waals surface area contributed by atoms with Crippen LogP contribution in [0.5, 0.6) is 0 Å². The Morgan fingerprint density at radius 3 is 1.85 bits per heavy atom. The zero-order valence-electron chi connectivity index (χ0n) is 10.1. The summed E-state index contributed by atoms with van der Waals surface area (Å²) in [6.07, 6.45) is -11.3. The van der Waals surface area contributed by atoms with Crippen molar-refractivity contribution in [2.24, 2.45) is 0 Å². The number of carbonyl (C=O) groups is 1. The lowest BCUT2D eigenvalue weighted by Crippen LogP contribution is -2.58. The molecule has 20 heavy (non-hydrogen) atoms. The Hall–Kier alpha value is -0.890. The molecule has 0 aromatic rings. The molecule has 9 N–H and O–H groups in total. The van der Waals surface area contributed by atoms with Crippen LogP contribution in [0.3, 0.4) is 0 Å². The van der Waals surface area contributed by atoms with Crippen molar-refractivity contribution in [3.05, 3.63) is 0 Å². The minimum absolute atomic E-state index is 1.00. The van der Waals surface area contributed by atoms with Gasteiger partial charge in [-0.25, -0.2) is 4.79 Å². The number of rotatable bonds is 8. The fraction of sp³-hybridized carbons (Fsp3) is 0.889. The van der Waals surface area contributed by atoms with Crippen LogP contribution >= 0.6 is 0 Å². The Labute approximate surface area is 112 Å². The Kier molecular flexibility index (Phi) is 7.43. The van der Waals surface area contributed by atoms with E-state index in [0.29, 0.717) is 0 Å². The molecule has 0 spiro atoms. The van der Waals surface area contributed by atoms with Gasteiger partial charge < -0.3 is 50.7 Å². The van der Waals surface area contributed by atoms with E-state index in [9.17, 15) is 30.3 Å². The highest BCUT2D eigenvalue weighted by Gasteiger charge is 2.47. The van der Waals surface area contributed by atoms with Crippen molar-refractivity contribution in [2.45, 2.75) is 36.5 Å². The summed E-state index contributed by atoms with van der Waals surface area (Å²) in [5.74, 6) is -5.44. The number of ether oxygens (including phenoxy) is 1. The average Bonchev–Trinajstić information content (AvgIpc) is 2.42. The number of carbonyl (C=O) groups excluding carboxylic acids is 1. The highest BCUT2D eigenvalue weighted by atomic mass is 16.8. The smallest absolute Gasteiger partial charge is 0.354 e. The highest BCUT2D eigenvalue weighted by molar-refractivity contribution is 5.74. The Morgan fingerprint density at radius 2 is 1.45 bits per heavy atom. The van der Waals surface area contributed by atoms with Crippen molar-refractivity contribution in [1.29, 1.82) is 0 Å². The molecule has 0 aliphatic carbocycles. The summed E-state index contributed by atoms with van der Waals surface area (Å²) >= 11 is 0. The van der Waals surface area contributed by atoms with E-state index in [1.54, 1.807) is 0 Å². The van der Waals surface area contributed by atoms with Crippen LogP contribution in [0.25, 0.3) is 0 Å². The molecule has 0 aromatic heterocycles. The largest absolute Gasteiger partial charge is 0.404 e. The molecule has 1 unspecified atom stereocenters. The predicted molar refractivity (Wildman–Crippen MR) is 57.5 cm³/mol. The molecule has 11 heteroatoms. The van der Waals surface area contributed by atoms with E-state index in [-0.39, 0.29) is 0 Å². The van der Waals surface area contributed by atoms with Gasteiger partial charge in [-0.3, -0.25) is 0 Å². The van der Waals surface area contributed by atoms with Gasteiger partial charge in [0.25, 0.3) is 0 Å². The minimum Gasteiger partial charge on any atom is -0.404 e. The summed E-state index contributed by atoms with van der Waals surface area (Å²) in [4.78, 5) is 11.0. The molecular weight excluding hydrogens is 284 g/mol. The Bertz CT molecular complexity index is 306. The fourth-order valence-corrected chi connectivity index (χ4v) is 1.10. The SMILES string of the molecule is O=C(OC(O)(O)[C@H](O)[C@H](O)[C@H](O)[C@@H](O)CO)C(O)CO. The van der Waals surface area contributed by atoms with E-state index in [4.69, 9.17) is 20.4 Å². The van der Waals surface area contributed by atoms with Gasteiger partial charge in [0.1, 0.15) is 18.3 Å². The van der Waals surface area contributed by atoms with Gasteiger partial charge >= 0.3 is 11.9 Å². The third-order valence-corrected chi connectivity index (χ3v) is 2.34. The van der Waals surface area contributed by atoms with Crippen molar-refractivity contribution in [3.8, 4) is 0 Å². The summed E-state index contributed by atoms with van der Waals surface area (Å²) in [6.45, 7) is -2.10. The van der Waals surface area contributed by atoms with Gasteiger partial charge in [-0.15, -0.1) is 0 Å². The van der Waals surface area contributed by atoms with Crippen LogP contribution in [0.15, 0.2) is 0 Å². The monoisotopic (exact) mass is 302 g/mol. The summed E-state index contributed by atoms with van der Waals surface area (Å²) in [5.41, 5.74) is 0. The number of aliphatic hydroxyl groups excluding tert-OH is 7. The predicted octanol–water partition coefficient (Wildman–Crippen LogP) is -6.04. The van der Waals surface area contributed by atoms with Gasteiger partial charge in [-0.2, -0.15) is 0 Å². The molecule has 0 saturated heterocycles. The first-order valence-electron chi connectivity index (χ1n) is 5.38. The number of hydrogen-bond donors (Lipinski definition) is 9. The third kappa shape index (κ3) is 4.90. The van der Waals surface area contributed by atoms with Crippen LogP contribution in [0.4, 0.5) is 0 Å². The number of hydrogen-bond acceptors (Lipinski definition) is 11. The van der Waals surface area contributed by atoms with Gasteiger partial charge in [0.15, 0.2) is 12.2 Å². The minimum atomic E-state index is -3.72. The maximum absolute atomic E-state index is 11.0. The second kappa shape index (κ2) is 7.78. The van der Waals surface area contributed by atoms with E-state index in [2.05, 4.69) is 4.74 Å². The molecule has 0 aliphatic heterocycles. The van der Waals surface area contributed by atoms with Gasteiger partial charge in [-0.05, 0) is 0 Å². The first-order valence-corrected chi connectivity index (χ1v) is 5.38. The fourth-order valence-electron chi connectivity index (χ4n) is 1.10. The molecule has 5 atom stereocenters. The molecule has 0 amide bonds. The average molecular weight is 302 g/mol. The van der Waals surface area contributed by atoms with E-state index in [0.717, 1.165) is 0 Å². The maximum Gasteiger partial charge on any atom is 0.354 e. The van der Waals surface area contributed by atoms with E-state index < -0.39 is 55.7 Å². The van der Waals surface area contributed by atoms with Crippen molar-refractivity contribution < 1.29 is 55.5 Å². The molecule has 0 bridgehead atoms. The van der Waals surface area contributed by atoms with Crippen LogP contribution < -0.4 is 0 Å². The number of esters is 1. The zero-order valence-corrected chi connectivity index (χ0v) is 10.1. The summed E-state index contributed by atoms with van der Waals surface area (Å²) in [7, 11) is 0. The van der Waals surface area contributed by atoms with E-state index >= 15 is 0 Å². The van der Waals surface area contributed by atoms with Crippen LogP contribution in [0.2, 0.25) is 0 Å². The van der Waals surface area contributed by atoms with Crippen molar-refractivity contribution >= 4 is 5.97 Å². The Balaban J connectivity index is 4.79. The molecule has 0 radical (unpaired) electrons. The van der Waals surface area contributed by atoms with Crippen molar-refractivity contribution in [2.75, 3.05) is 13.2 Å². The first-order chi connectivity index (χ1) is 9.08. The summed E-state index contributed by atoms with van der Waals surface area (Å²) in [6, 6.07) is 0. The molecule has 0 heterocycles. The van der Waals surface area contributed by atoms with E-state index in [1.165, 1.54) is 0 Å². The number of aliphatic hydroxyl groups is 9. The van der Waals surface area contributed by atoms with Gasteiger partial charge in [0.2, 0.25) is 0 Å². The lowest BCUT2D eigenvalue weighted by molar-refractivity contribution is -0.375. The first kappa shape index (κ1) is 19.1. The topological polar surface area (TPSA) is 208 Å². The van der Waals surface area contributed by atoms with Gasteiger partial charge in [0, 0.05) is 0 Å². The second-order valence-corrected chi connectivity index (χ2v) is 3.95. The molecule has 0 saturated carbocycles. The second-order valence-electron chi connectivity index (χ2n) is 3.95. The quantitative estimate of drug-likeness (QED) is 0.152. The van der Waals surface area contributed by atoms with Crippen LogP contribution in [0, 0.1) is 0 Å². The lowest BCUT2D eigenvalue weighted by Gasteiger charge is -2.32. The maximum atomic E-state index is 11.0. The molecule has 11 nitrogen and oxygen atoms in total. The molecule has 0 aliphatic rings. The third-order valence-electron chi connectivity index (χ3n) is 2.34. The van der Waals surface area contributed by atoms with Crippen LogP contribution in [-0.2, 0) is 9.53 Å². The lowest BCUT2D eigenvalue weighted by atomic mass is 10.0. The summed E-state index contributed by atoms with van der Waals surface area (Å²) in [5, 5.41) is 81.1. The molecular formula is C9H18O11. The zero-order chi connectivity index (χ0) is 16.1. The standard InChI is InChI=1S/C9H18O11/c10-1-3(12)5(14)6(15)7(16)9(18,19)20-8(17)4(13)2-11/h3-7,10-16,18-19H,1-2H2/t3-,4?,5+,6+,7+/m0/s1. The highest BCUT2D eigenvalue weighted by Crippen LogP contribution is 2.17. The molecule has 120 valence electrons. The molecule has 0 aromatic carbocycles. The van der Waals surface area contributed by atoms with Gasteiger partial charge in [0.05, 0.1) is 13.2 Å². The normalized spacial score (nSPS) is 19.9. The van der Waals surface area contributed by atoms with Crippen molar-refractivity contribution in [1.82, 2.24) is 0 Å². The summed E-state index contributed by atoms with van der Waals surface area (Å²) < 4.78 is 3.83.